The highest BCUT2D eigenvalue weighted by molar-refractivity contribution is 6.01. The predicted molar refractivity (Wildman–Crippen MR) is 167 cm³/mol. The van der Waals surface area contributed by atoms with E-state index in [-0.39, 0.29) is 0 Å². The summed E-state index contributed by atoms with van der Waals surface area (Å²) in [5.41, 5.74) is 10.5. The Kier molecular flexibility index (Phi) is 5.38. The van der Waals surface area contributed by atoms with E-state index in [0.29, 0.717) is 5.78 Å². The maximum atomic E-state index is 5.01. The van der Waals surface area contributed by atoms with Crippen molar-refractivity contribution in [2.24, 2.45) is 0 Å². The lowest BCUT2D eigenvalue weighted by Crippen LogP contribution is -2.24. The van der Waals surface area contributed by atoms with Gasteiger partial charge >= 0.3 is 0 Å². The summed E-state index contributed by atoms with van der Waals surface area (Å²) in [6, 6.07) is 48.4. The SMILES string of the molecule is c1ccc(-c2nc3ncc(N4c5ccccc5N(c5ccccc5)c5ccccc54)cn3c2-c2ccccc2)cc1. The average Bonchev–Trinajstić information content (AvgIpc) is 3.44. The van der Waals surface area contributed by atoms with E-state index in [4.69, 9.17) is 9.97 Å². The minimum Gasteiger partial charge on any atom is -0.306 e. The monoisotopic (exact) mass is 527 g/mol. The number of aromatic nitrogens is 3. The van der Waals surface area contributed by atoms with Crippen LogP contribution in [0.4, 0.5) is 34.1 Å². The minimum absolute atomic E-state index is 0.663. The van der Waals surface area contributed by atoms with Gasteiger partial charge in [-0.1, -0.05) is 103 Å². The van der Waals surface area contributed by atoms with Crippen LogP contribution in [0.5, 0.6) is 0 Å². The van der Waals surface area contributed by atoms with E-state index in [1.807, 2.05) is 30.5 Å². The highest BCUT2D eigenvalue weighted by Crippen LogP contribution is 2.53. The van der Waals surface area contributed by atoms with Gasteiger partial charge in [0.05, 0.1) is 46.0 Å². The first-order valence-electron chi connectivity index (χ1n) is 13.7. The van der Waals surface area contributed by atoms with Crippen LogP contribution in [0.25, 0.3) is 28.3 Å². The van der Waals surface area contributed by atoms with Gasteiger partial charge < -0.3 is 9.80 Å². The first-order chi connectivity index (χ1) is 20.4. The second-order valence-electron chi connectivity index (χ2n) is 10.0. The molecule has 41 heavy (non-hydrogen) atoms. The average molecular weight is 528 g/mol. The molecule has 0 aliphatic carbocycles. The largest absolute Gasteiger partial charge is 0.306 e. The van der Waals surface area contributed by atoms with E-state index >= 15 is 0 Å². The van der Waals surface area contributed by atoms with E-state index in [1.54, 1.807) is 0 Å². The molecule has 0 saturated carbocycles. The van der Waals surface area contributed by atoms with Crippen LogP contribution in [0.3, 0.4) is 0 Å². The molecule has 1 aliphatic rings. The fourth-order valence-electron chi connectivity index (χ4n) is 5.79. The molecule has 7 aromatic rings. The maximum Gasteiger partial charge on any atom is 0.234 e. The van der Waals surface area contributed by atoms with E-state index in [1.165, 1.54) is 0 Å². The fourth-order valence-corrected chi connectivity index (χ4v) is 5.79. The van der Waals surface area contributed by atoms with Crippen molar-refractivity contribution in [1.82, 2.24) is 14.4 Å². The normalized spacial score (nSPS) is 12.3. The molecule has 0 N–H and O–H groups in total. The first kappa shape index (κ1) is 23.2. The van der Waals surface area contributed by atoms with Crippen LogP contribution in [0.15, 0.2) is 152 Å². The standard InChI is InChI=1S/C36H25N5/c1-4-14-26(15-5-1)34-35(27-16-6-2-7-17-27)39-25-29(24-37-36(39)38-34)41-32-22-12-10-20-30(32)40(28-18-8-3-9-19-28)31-21-11-13-23-33(31)41/h1-25H. The minimum atomic E-state index is 0.663. The second-order valence-corrected chi connectivity index (χ2v) is 10.0. The van der Waals surface area contributed by atoms with Crippen molar-refractivity contribution in [1.29, 1.82) is 0 Å². The molecule has 0 saturated heterocycles. The molecule has 1 aliphatic heterocycles. The zero-order valence-corrected chi connectivity index (χ0v) is 22.2. The van der Waals surface area contributed by atoms with Crippen LogP contribution >= 0.6 is 0 Å². The molecule has 3 heterocycles. The van der Waals surface area contributed by atoms with Crippen molar-refractivity contribution < 1.29 is 0 Å². The van der Waals surface area contributed by atoms with Crippen LogP contribution in [0, 0.1) is 0 Å². The lowest BCUT2D eigenvalue weighted by molar-refractivity contribution is 1.08. The van der Waals surface area contributed by atoms with Gasteiger partial charge in [-0.2, -0.15) is 0 Å². The van der Waals surface area contributed by atoms with Gasteiger partial charge in [-0.05, 0) is 36.4 Å². The molecule has 194 valence electrons. The number of hydrogen-bond donors (Lipinski definition) is 0. The van der Waals surface area contributed by atoms with E-state index in [0.717, 1.165) is 56.6 Å². The van der Waals surface area contributed by atoms with Crippen molar-refractivity contribution in [2.75, 3.05) is 9.80 Å². The zero-order chi connectivity index (χ0) is 27.2. The van der Waals surface area contributed by atoms with Gasteiger partial charge in [-0.15, -0.1) is 0 Å². The zero-order valence-electron chi connectivity index (χ0n) is 22.2. The van der Waals surface area contributed by atoms with E-state index in [9.17, 15) is 0 Å². The Morgan fingerprint density at radius 1 is 0.439 bits per heavy atom. The summed E-state index contributed by atoms with van der Waals surface area (Å²) in [5.74, 6) is 0.663. The van der Waals surface area contributed by atoms with Crippen molar-refractivity contribution in [2.45, 2.75) is 0 Å². The number of fused-ring (bicyclic) bond motifs is 3. The number of anilines is 6. The molecule has 0 spiro atoms. The molecule has 0 bridgehead atoms. The van der Waals surface area contributed by atoms with E-state index < -0.39 is 0 Å². The summed E-state index contributed by atoms with van der Waals surface area (Å²) < 4.78 is 2.13. The first-order valence-corrected chi connectivity index (χ1v) is 13.7. The summed E-state index contributed by atoms with van der Waals surface area (Å²) >= 11 is 0. The van der Waals surface area contributed by atoms with Crippen LogP contribution in [-0.4, -0.2) is 14.4 Å². The Bertz CT molecular complexity index is 1950. The van der Waals surface area contributed by atoms with Crippen LogP contribution in [0.1, 0.15) is 0 Å². The van der Waals surface area contributed by atoms with Gasteiger partial charge in [0, 0.05) is 23.0 Å². The summed E-state index contributed by atoms with van der Waals surface area (Å²) in [5, 5.41) is 0. The number of nitrogens with zero attached hydrogens (tertiary/aromatic N) is 5. The number of hydrogen-bond acceptors (Lipinski definition) is 4. The summed E-state index contributed by atoms with van der Waals surface area (Å²) in [6.07, 6.45) is 4.09. The topological polar surface area (TPSA) is 36.7 Å². The van der Waals surface area contributed by atoms with Crippen molar-refractivity contribution in [3.05, 3.63) is 152 Å². The van der Waals surface area contributed by atoms with E-state index in [2.05, 4.69) is 136 Å². The van der Waals surface area contributed by atoms with Gasteiger partial charge in [-0.25, -0.2) is 9.97 Å². The third kappa shape index (κ3) is 3.79. The summed E-state index contributed by atoms with van der Waals surface area (Å²) in [7, 11) is 0. The Hall–Kier alpha value is -5.68. The van der Waals surface area contributed by atoms with Gasteiger partial charge in [0.1, 0.15) is 0 Å². The quantitative estimate of drug-likeness (QED) is 0.228. The Morgan fingerprint density at radius 2 is 0.902 bits per heavy atom. The smallest absolute Gasteiger partial charge is 0.234 e. The molecule has 2 aromatic heterocycles. The fraction of sp³-hybridized carbons (Fsp3) is 0. The number of rotatable bonds is 4. The Labute approximate surface area is 238 Å². The molecular weight excluding hydrogens is 502 g/mol. The molecule has 5 heteroatoms. The van der Waals surface area contributed by atoms with Crippen molar-refractivity contribution >= 4 is 39.9 Å². The molecule has 0 atom stereocenters. The van der Waals surface area contributed by atoms with Crippen LogP contribution in [0.2, 0.25) is 0 Å². The van der Waals surface area contributed by atoms with Gasteiger partial charge in [-0.3, -0.25) is 4.40 Å². The number of imidazole rings is 1. The lowest BCUT2D eigenvalue weighted by Gasteiger charge is -2.40. The Morgan fingerprint density at radius 3 is 1.46 bits per heavy atom. The molecule has 0 radical (unpaired) electrons. The third-order valence-corrected chi connectivity index (χ3v) is 7.56. The van der Waals surface area contributed by atoms with Crippen molar-refractivity contribution in [3.63, 3.8) is 0 Å². The highest BCUT2D eigenvalue weighted by atomic mass is 15.3. The van der Waals surface area contributed by atoms with Gasteiger partial charge in [0.2, 0.25) is 5.78 Å². The molecule has 0 unspecified atom stereocenters. The van der Waals surface area contributed by atoms with Crippen LogP contribution < -0.4 is 9.80 Å². The van der Waals surface area contributed by atoms with Crippen molar-refractivity contribution in [3.8, 4) is 22.5 Å². The molecule has 5 aromatic carbocycles. The molecule has 8 rings (SSSR count). The second kappa shape index (κ2) is 9.50. The van der Waals surface area contributed by atoms with Crippen LogP contribution in [-0.2, 0) is 0 Å². The molecule has 5 nitrogen and oxygen atoms in total. The Balaban J connectivity index is 1.37. The number of benzene rings is 5. The molecule has 0 fully saturated rings. The number of para-hydroxylation sites is 5. The summed E-state index contributed by atoms with van der Waals surface area (Å²) in [6.45, 7) is 0. The summed E-state index contributed by atoms with van der Waals surface area (Å²) in [4.78, 5) is 14.5. The maximum absolute atomic E-state index is 5.01. The predicted octanol–water partition coefficient (Wildman–Crippen LogP) is 9.32. The van der Waals surface area contributed by atoms with Gasteiger partial charge in [0.25, 0.3) is 0 Å². The third-order valence-electron chi connectivity index (χ3n) is 7.56. The molecular formula is C36H25N5. The molecule has 0 amide bonds. The highest BCUT2D eigenvalue weighted by Gasteiger charge is 2.30. The lowest BCUT2D eigenvalue weighted by atomic mass is 10.0. The van der Waals surface area contributed by atoms with Gasteiger partial charge in [0.15, 0.2) is 0 Å².